The van der Waals surface area contributed by atoms with Crippen molar-refractivity contribution in [1.82, 2.24) is 14.9 Å². The number of carbonyl (C=O) groups is 1. The van der Waals surface area contributed by atoms with E-state index in [1.807, 2.05) is 29.3 Å². The molecule has 0 spiro atoms. The van der Waals surface area contributed by atoms with Crippen LogP contribution in [0.3, 0.4) is 0 Å². The van der Waals surface area contributed by atoms with Gasteiger partial charge in [-0.1, -0.05) is 0 Å². The van der Waals surface area contributed by atoms with Crippen molar-refractivity contribution in [2.75, 3.05) is 5.32 Å². The lowest BCUT2D eigenvalue weighted by molar-refractivity contribution is 0.178. The first-order valence-electron chi connectivity index (χ1n) is 7.46. The molecule has 5 nitrogen and oxygen atoms in total. The van der Waals surface area contributed by atoms with Crippen LogP contribution in [0.1, 0.15) is 30.1 Å². The topological polar surface area (TPSA) is 58.1 Å². The molecular formula is C16H14Br2N4O. The summed E-state index contributed by atoms with van der Waals surface area (Å²) < 4.78 is 1.87. The summed E-state index contributed by atoms with van der Waals surface area (Å²) in [6.45, 7) is 0. The summed E-state index contributed by atoms with van der Waals surface area (Å²) in [6, 6.07) is 5.94. The average Bonchev–Trinajstić information content (AvgIpc) is 2.86. The van der Waals surface area contributed by atoms with Gasteiger partial charge in [-0.3, -0.25) is 0 Å². The molecule has 2 aromatic rings. The van der Waals surface area contributed by atoms with Gasteiger partial charge >= 0.3 is 6.03 Å². The first-order chi connectivity index (χ1) is 11.1. The number of hydrogen-bond donors (Lipinski definition) is 1. The molecule has 1 saturated heterocycles. The van der Waals surface area contributed by atoms with Crippen LogP contribution in [0.25, 0.3) is 0 Å². The number of rotatable bonds is 1. The highest BCUT2D eigenvalue weighted by Crippen LogP contribution is 2.43. The van der Waals surface area contributed by atoms with E-state index in [0.29, 0.717) is 0 Å². The smallest absolute Gasteiger partial charge is 0.314 e. The van der Waals surface area contributed by atoms with E-state index in [0.717, 1.165) is 45.2 Å². The predicted octanol–water partition coefficient (Wildman–Crippen LogP) is 4.30. The maximum Gasteiger partial charge on any atom is 0.322 e. The van der Waals surface area contributed by atoms with E-state index in [4.69, 9.17) is 0 Å². The summed E-state index contributed by atoms with van der Waals surface area (Å²) in [5, 5.41) is 3.01. The molecule has 1 aromatic heterocycles. The number of nitrogens with one attached hydrogen (secondary N) is 1. The molecule has 23 heavy (non-hydrogen) atoms. The van der Waals surface area contributed by atoms with Gasteiger partial charge in [0, 0.05) is 38.9 Å². The maximum atomic E-state index is 12.8. The Labute approximate surface area is 150 Å². The van der Waals surface area contributed by atoms with E-state index >= 15 is 0 Å². The number of nitrogens with zero attached hydrogens (tertiary/aromatic N) is 3. The third-order valence-corrected chi connectivity index (χ3v) is 6.40. The quantitative estimate of drug-likeness (QED) is 0.723. The van der Waals surface area contributed by atoms with Gasteiger partial charge < -0.3 is 10.2 Å². The van der Waals surface area contributed by atoms with Crippen molar-refractivity contribution in [3.63, 3.8) is 0 Å². The molecule has 1 fully saturated rings. The van der Waals surface area contributed by atoms with E-state index in [2.05, 4.69) is 47.1 Å². The summed E-state index contributed by atoms with van der Waals surface area (Å²) in [7, 11) is 0. The first-order valence-corrected chi connectivity index (χ1v) is 9.05. The Bertz CT molecular complexity index is 782. The second-order valence-corrected chi connectivity index (χ2v) is 7.55. The lowest BCUT2D eigenvalue weighted by atomic mass is 10.00. The molecule has 2 atom stereocenters. The number of carbonyl (C=O) groups excluding carboxylic acids is 1. The monoisotopic (exact) mass is 436 g/mol. The first kappa shape index (κ1) is 15.1. The van der Waals surface area contributed by atoms with Crippen molar-refractivity contribution in [2.24, 2.45) is 0 Å². The van der Waals surface area contributed by atoms with E-state index in [1.54, 1.807) is 6.33 Å². The molecular weight excluding hydrogens is 424 g/mol. The van der Waals surface area contributed by atoms with E-state index in [-0.39, 0.29) is 18.1 Å². The normalized spacial score (nSPS) is 21.9. The molecule has 3 heterocycles. The number of aromatic nitrogens is 2. The molecule has 2 amide bonds. The Morgan fingerprint density at radius 3 is 2.96 bits per heavy atom. The van der Waals surface area contributed by atoms with Crippen LogP contribution in [0.15, 0.2) is 39.7 Å². The van der Waals surface area contributed by atoms with Crippen molar-refractivity contribution < 1.29 is 4.79 Å². The van der Waals surface area contributed by atoms with Gasteiger partial charge in [-0.05, 0) is 62.9 Å². The molecule has 7 heteroatoms. The zero-order valence-corrected chi connectivity index (χ0v) is 15.3. The number of amides is 2. The van der Waals surface area contributed by atoms with Gasteiger partial charge in [-0.15, -0.1) is 0 Å². The molecule has 1 N–H and O–H groups in total. The van der Waals surface area contributed by atoms with E-state index in [9.17, 15) is 4.79 Å². The van der Waals surface area contributed by atoms with Crippen molar-refractivity contribution in [2.45, 2.75) is 31.3 Å². The number of anilines is 1. The Hall–Kier alpha value is -1.47. The Kier molecular flexibility index (Phi) is 3.85. The second-order valence-electron chi connectivity index (χ2n) is 5.84. The number of halogens is 2. The standard InChI is InChI=1S/C16H14Br2N4O/c17-12-3-1-9(5-13(12)18)21-16(23)22-10-2-4-15(22)11-7-19-8-20-14(11)6-10/h1,3,5,7-8,10,15H,2,4,6H2,(H,21,23)/t10-,15+/m1/s1. The molecule has 0 unspecified atom stereocenters. The Morgan fingerprint density at radius 2 is 2.13 bits per heavy atom. The Morgan fingerprint density at radius 1 is 1.26 bits per heavy atom. The third kappa shape index (κ3) is 2.65. The SMILES string of the molecule is O=C(Nc1ccc(Br)c(Br)c1)N1[C@@H]2CC[C@H]1c1cncnc1C2. The van der Waals surface area contributed by atoms with Gasteiger partial charge in [0.1, 0.15) is 6.33 Å². The molecule has 118 valence electrons. The van der Waals surface area contributed by atoms with E-state index in [1.165, 1.54) is 0 Å². The van der Waals surface area contributed by atoms with Crippen molar-refractivity contribution in [3.05, 3.63) is 50.9 Å². The summed E-state index contributed by atoms with van der Waals surface area (Å²) in [5.74, 6) is 0. The average molecular weight is 438 g/mol. The lowest BCUT2D eigenvalue weighted by Crippen LogP contribution is -2.44. The van der Waals surface area contributed by atoms with Crippen LogP contribution in [0, 0.1) is 0 Å². The van der Waals surface area contributed by atoms with Gasteiger partial charge in [-0.2, -0.15) is 0 Å². The van der Waals surface area contributed by atoms with Gasteiger partial charge in [0.05, 0.1) is 11.7 Å². The fourth-order valence-corrected chi connectivity index (χ4v) is 4.12. The van der Waals surface area contributed by atoms with Crippen LogP contribution < -0.4 is 5.32 Å². The second kappa shape index (κ2) is 5.87. The van der Waals surface area contributed by atoms with E-state index < -0.39 is 0 Å². The van der Waals surface area contributed by atoms with Crippen molar-refractivity contribution in [1.29, 1.82) is 0 Å². The van der Waals surface area contributed by atoms with Crippen LogP contribution >= 0.6 is 31.9 Å². The number of benzene rings is 1. The lowest BCUT2D eigenvalue weighted by Gasteiger charge is -2.35. The Balaban J connectivity index is 1.59. The molecule has 0 aliphatic carbocycles. The number of fused-ring (bicyclic) bond motifs is 4. The largest absolute Gasteiger partial charge is 0.322 e. The van der Waals surface area contributed by atoms with Crippen molar-refractivity contribution in [3.8, 4) is 0 Å². The summed E-state index contributed by atoms with van der Waals surface area (Å²) in [6.07, 6.45) is 6.24. The summed E-state index contributed by atoms with van der Waals surface area (Å²) in [4.78, 5) is 23.3. The highest BCUT2D eigenvalue weighted by molar-refractivity contribution is 9.13. The third-order valence-electron chi connectivity index (χ3n) is 4.52. The zero-order valence-electron chi connectivity index (χ0n) is 12.2. The number of hydrogen-bond acceptors (Lipinski definition) is 3. The molecule has 4 rings (SSSR count). The molecule has 2 aliphatic heterocycles. The van der Waals surface area contributed by atoms with Gasteiger partial charge in [-0.25, -0.2) is 14.8 Å². The predicted molar refractivity (Wildman–Crippen MR) is 94.2 cm³/mol. The maximum absolute atomic E-state index is 12.8. The molecule has 0 radical (unpaired) electrons. The number of urea groups is 1. The minimum atomic E-state index is -0.0544. The van der Waals surface area contributed by atoms with Gasteiger partial charge in [0.15, 0.2) is 0 Å². The fraction of sp³-hybridized carbons (Fsp3) is 0.312. The minimum absolute atomic E-state index is 0.0544. The fourth-order valence-electron chi connectivity index (χ4n) is 3.50. The van der Waals surface area contributed by atoms with Crippen LogP contribution in [-0.2, 0) is 6.42 Å². The van der Waals surface area contributed by atoms with Gasteiger partial charge in [0.2, 0.25) is 0 Å². The molecule has 2 aliphatic rings. The zero-order chi connectivity index (χ0) is 16.0. The van der Waals surface area contributed by atoms with Crippen molar-refractivity contribution >= 4 is 43.6 Å². The highest BCUT2D eigenvalue weighted by Gasteiger charge is 2.43. The molecule has 0 saturated carbocycles. The van der Waals surface area contributed by atoms with Crippen LogP contribution in [-0.4, -0.2) is 26.9 Å². The van der Waals surface area contributed by atoms with Crippen LogP contribution in [0.5, 0.6) is 0 Å². The highest BCUT2D eigenvalue weighted by atomic mass is 79.9. The molecule has 2 bridgehead atoms. The minimum Gasteiger partial charge on any atom is -0.314 e. The molecule has 1 aromatic carbocycles. The summed E-state index contributed by atoms with van der Waals surface area (Å²) >= 11 is 6.90. The van der Waals surface area contributed by atoms with Gasteiger partial charge in [0.25, 0.3) is 0 Å². The van der Waals surface area contributed by atoms with Crippen LogP contribution in [0.4, 0.5) is 10.5 Å². The summed E-state index contributed by atoms with van der Waals surface area (Å²) in [5.41, 5.74) is 2.95. The van der Waals surface area contributed by atoms with Crippen LogP contribution in [0.2, 0.25) is 0 Å².